The van der Waals surface area contributed by atoms with Crippen molar-refractivity contribution in [2.75, 3.05) is 20.1 Å². The standard InChI is InChI=1S/C13H16BrFN2O2/c1-3-7-16-11(18)8-17(2)13(19)9-5-4-6-10(14)12(9)15/h4-6H,3,7-8H2,1-2H3,(H,16,18). The quantitative estimate of drug-likeness (QED) is 0.899. The molecule has 0 aliphatic heterocycles. The second-order valence-corrected chi connectivity index (χ2v) is 4.97. The van der Waals surface area contributed by atoms with Crippen LogP contribution < -0.4 is 5.32 Å². The highest BCUT2D eigenvalue weighted by Crippen LogP contribution is 2.19. The number of nitrogens with one attached hydrogen (secondary N) is 1. The lowest BCUT2D eigenvalue weighted by molar-refractivity contribution is -0.121. The van der Waals surface area contributed by atoms with Crippen molar-refractivity contribution in [3.63, 3.8) is 0 Å². The lowest BCUT2D eigenvalue weighted by Crippen LogP contribution is -2.38. The zero-order valence-electron chi connectivity index (χ0n) is 10.9. The molecule has 1 N–H and O–H groups in total. The van der Waals surface area contributed by atoms with Crippen LogP contribution in [0.5, 0.6) is 0 Å². The molecule has 2 amide bonds. The zero-order valence-corrected chi connectivity index (χ0v) is 12.5. The van der Waals surface area contributed by atoms with Crippen molar-refractivity contribution < 1.29 is 14.0 Å². The molecular formula is C13H16BrFN2O2. The summed E-state index contributed by atoms with van der Waals surface area (Å²) in [5.74, 6) is -1.40. The predicted octanol–water partition coefficient (Wildman–Crippen LogP) is 2.19. The Balaban J connectivity index is 2.72. The summed E-state index contributed by atoms with van der Waals surface area (Å²) in [5.41, 5.74) is -0.0554. The minimum Gasteiger partial charge on any atom is -0.355 e. The molecule has 6 heteroatoms. The van der Waals surface area contributed by atoms with Crippen LogP contribution in [0.2, 0.25) is 0 Å². The van der Waals surface area contributed by atoms with Gasteiger partial charge < -0.3 is 10.2 Å². The highest BCUT2D eigenvalue weighted by atomic mass is 79.9. The lowest BCUT2D eigenvalue weighted by Gasteiger charge is -2.17. The van der Waals surface area contributed by atoms with Crippen LogP contribution in [0.4, 0.5) is 4.39 Å². The smallest absolute Gasteiger partial charge is 0.257 e. The molecule has 0 spiro atoms. The topological polar surface area (TPSA) is 49.4 Å². The third-order valence-electron chi connectivity index (χ3n) is 2.48. The molecule has 0 aromatic heterocycles. The molecule has 1 aromatic carbocycles. The average molecular weight is 331 g/mol. The molecule has 0 saturated heterocycles. The first kappa shape index (κ1) is 15.6. The predicted molar refractivity (Wildman–Crippen MR) is 74.4 cm³/mol. The van der Waals surface area contributed by atoms with Gasteiger partial charge in [-0.1, -0.05) is 13.0 Å². The van der Waals surface area contributed by atoms with Crippen LogP contribution in [-0.2, 0) is 4.79 Å². The minimum atomic E-state index is -0.617. The van der Waals surface area contributed by atoms with Gasteiger partial charge in [0.25, 0.3) is 5.91 Å². The number of rotatable bonds is 5. The van der Waals surface area contributed by atoms with Gasteiger partial charge in [-0.2, -0.15) is 0 Å². The summed E-state index contributed by atoms with van der Waals surface area (Å²) in [6, 6.07) is 4.48. The molecule has 0 bridgehead atoms. The van der Waals surface area contributed by atoms with E-state index in [2.05, 4.69) is 21.2 Å². The van der Waals surface area contributed by atoms with Crippen molar-refractivity contribution in [3.05, 3.63) is 34.1 Å². The maximum Gasteiger partial charge on any atom is 0.257 e. The van der Waals surface area contributed by atoms with Crippen LogP contribution >= 0.6 is 15.9 Å². The van der Waals surface area contributed by atoms with Gasteiger partial charge in [0.2, 0.25) is 5.91 Å². The van der Waals surface area contributed by atoms with Crippen LogP contribution in [0.25, 0.3) is 0 Å². The molecule has 104 valence electrons. The Bertz CT molecular complexity index is 480. The third-order valence-corrected chi connectivity index (χ3v) is 3.09. The first-order chi connectivity index (χ1) is 8.97. The van der Waals surface area contributed by atoms with Crippen molar-refractivity contribution >= 4 is 27.7 Å². The number of hydrogen-bond acceptors (Lipinski definition) is 2. The largest absolute Gasteiger partial charge is 0.355 e. The van der Waals surface area contributed by atoms with E-state index in [0.717, 1.165) is 6.42 Å². The van der Waals surface area contributed by atoms with Crippen molar-refractivity contribution in [1.82, 2.24) is 10.2 Å². The van der Waals surface area contributed by atoms with Gasteiger partial charge in [0.15, 0.2) is 0 Å². The van der Waals surface area contributed by atoms with Crippen LogP contribution in [0.3, 0.4) is 0 Å². The van der Waals surface area contributed by atoms with Crippen molar-refractivity contribution in [2.45, 2.75) is 13.3 Å². The van der Waals surface area contributed by atoms with E-state index in [9.17, 15) is 14.0 Å². The minimum absolute atomic E-state index is 0.0554. The second-order valence-electron chi connectivity index (χ2n) is 4.11. The summed E-state index contributed by atoms with van der Waals surface area (Å²) in [6.07, 6.45) is 0.823. The second kappa shape index (κ2) is 7.23. The molecule has 1 aromatic rings. The summed E-state index contributed by atoms with van der Waals surface area (Å²) >= 11 is 3.02. The zero-order chi connectivity index (χ0) is 14.4. The Morgan fingerprint density at radius 2 is 2.11 bits per heavy atom. The van der Waals surface area contributed by atoms with Gasteiger partial charge >= 0.3 is 0 Å². The SMILES string of the molecule is CCCNC(=O)CN(C)C(=O)c1cccc(Br)c1F. The van der Waals surface area contributed by atoms with Gasteiger partial charge in [0, 0.05) is 13.6 Å². The summed E-state index contributed by atoms with van der Waals surface area (Å²) < 4.78 is 14.0. The van der Waals surface area contributed by atoms with E-state index in [1.54, 1.807) is 6.07 Å². The van der Waals surface area contributed by atoms with E-state index in [-0.39, 0.29) is 22.5 Å². The van der Waals surface area contributed by atoms with E-state index in [4.69, 9.17) is 0 Å². The average Bonchev–Trinajstić information content (AvgIpc) is 2.38. The monoisotopic (exact) mass is 330 g/mol. The molecule has 0 atom stereocenters. The van der Waals surface area contributed by atoms with E-state index in [1.165, 1.54) is 24.1 Å². The fraction of sp³-hybridized carbons (Fsp3) is 0.385. The molecule has 0 radical (unpaired) electrons. The Labute approximate surface area is 120 Å². The number of benzene rings is 1. The van der Waals surface area contributed by atoms with Gasteiger partial charge in [0.05, 0.1) is 16.6 Å². The Hall–Kier alpha value is -1.43. The fourth-order valence-corrected chi connectivity index (χ4v) is 1.85. The van der Waals surface area contributed by atoms with Crippen molar-refractivity contribution in [3.8, 4) is 0 Å². The summed E-state index contributed by atoms with van der Waals surface area (Å²) in [6.45, 7) is 2.41. The van der Waals surface area contributed by atoms with Crippen molar-refractivity contribution in [2.24, 2.45) is 0 Å². The lowest BCUT2D eigenvalue weighted by atomic mass is 10.2. The van der Waals surface area contributed by atoms with Gasteiger partial charge in [-0.3, -0.25) is 9.59 Å². The van der Waals surface area contributed by atoms with E-state index in [1.807, 2.05) is 6.92 Å². The maximum atomic E-state index is 13.8. The Morgan fingerprint density at radius 3 is 2.74 bits per heavy atom. The van der Waals surface area contributed by atoms with Gasteiger partial charge in [0.1, 0.15) is 5.82 Å². The van der Waals surface area contributed by atoms with E-state index in [0.29, 0.717) is 6.54 Å². The molecular weight excluding hydrogens is 315 g/mol. The number of likely N-dealkylation sites (N-methyl/N-ethyl adjacent to an activating group) is 1. The molecule has 0 heterocycles. The number of hydrogen-bond donors (Lipinski definition) is 1. The molecule has 19 heavy (non-hydrogen) atoms. The number of amides is 2. The normalized spacial score (nSPS) is 10.1. The molecule has 0 saturated carbocycles. The summed E-state index contributed by atoms with van der Waals surface area (Å²) in [4.78, 5) is 24.7. The molecule has 0 fully saturated rings. The third kappa shape index (κ3) is 4.31. The Kier molecular flexibility index (Phi) is 5.95. The first-order valence-corrected chi connectivity index (χ1v) is 6.72. The number of carbonyl (C=O) groups excluding carboxylic acids is 2. The molecule has 1 rings (SSSR count). The first-order valence-electron chi connectivity index (χ1n) is 5.93. The van der Waals surface area contributed by atoms with Crippen LogP contribution in [0.1, 0.15) is 23.7 Å². The van der Waals surface area contributed by atoms with Crippen LogP contribution in [0, 0.1) is 5.82 Å². The molecule has 0 aliphatic rings. The fourth-order valence-electron chi connectivity index (χ4n) is 1.48. The number of carbonyl (C=O) groups is 2. The van der Waals surface area contributed by atoms with E-state index >= 15 is 0 Å². The van der Waals surface area contributed by atoms with Gasteiger partial charge in [-0.25, -0.2) is 4.39 Å². The highest BCUT2D eigenvalue weighted by molar-refractivity contribution is 9.10. The summed E-state index contributed by atoms with van der Waals surface area (Å²) in [7, 11) is 1.47. The Morgan fingerprint density at radius 1 is 1.42 bits per heavy atom. The van der Waals surface area contributed by atoms with Crippen LogP contribution in [-0.4, -0.2) is 36.9 Å². The maximum absolute atomic E-state index is 13.8. The van der Waals surface area contributed by atoms with Crippen molar-refractivity contribution in [1.29, 1.82) is 0 Å². The molecule has 4 nitrogen and oxygen atoms in total. The number of halogens is 2. The summed E-state index contributed by atoms with van der Waals surface area (Å²) in [5, 5.41) is 2.66. The van der Waals surface area contributed by atoms with Crippen LogP contribution in [0.15, 0.2) is 22.7 Å². The van der Waals surface area contributed by atoms with E-state index < -0.39 is 11.7 Å². The highest BCUT2D eigenvalue weighted by Gasteiger charge is 2.19. The van der Waals surface area contributed by atoms with Gasteiger partial charge in [-0.15, -0.1) is 0 Å². The number of nitrogens with zero attached hydrogens (tertiary/aromatic N) is 1. The van der Waals surface area contributed by atoms with Gasteiger partial charge in [-0.05, 0) is 34.5 Å². The molecule has 0 unspecified atom stereocenters. The molecule has 0 aliphatic carbocycles.